The number of nitrogens with one attached hydrogen (secondary N) is 2. The van der Waals surface area contributed by atoms with E-state index in [1.165, 1.54) is 0 Å². The van der Waals surface area contributed by atoms with Crippen molar-refractivity contribution < 1.29 is 19.1 Å². The molecule has 0 radical (unpaired) electrons. The predicted molar refractivity (Wildman–Crippen MR) is 108 cm³/mol. The molecule has 2 amide bonds. The summed E-state index contributed by atoms with van der Waals surface area (Å²) in [5.74, 6) is 0.249. The summed E-state index contributed by atoms with van der Waals surface area (Å²) in [6.07, 6.45) is 2.36. The Morgan fingerprint density at radius 3 is 2.66 bits per heavy atom. The molecule has 29 heavy (non-hydrogen) atoms. The van der Waals surface area contributed by atoms with Gasteiger partial charge in [0, 0.05) is 26.4 Å². The van der Waals surface area contributed by atoms with Gasteiger partial charge in [-0.05, 0) is 36.2 Å². The number of benzene rings is 1. The fourth-order valence-corrected chi connectivity index (χ4v) is 2.94. The van der Waals surface area contributed by atoms with Crippen molar-refractivity contribution in [3.8, 4) is 5.75 Å². The molecule has 0 aliphatic rings. The van der Waals surface area contributed by atoms with Gasteiger partial charge in [0.05, 0.1) is 19.2 Å². The first kappa shape index (κ1) is 20.3. The topological polar surface area (TPSA) is 94.0 Å². The maximum atomic E-state index is 12.7. The highest BCUT2D eigenvalue weighted by Gasteiger charge is 2.21. The average Bonchev–Trinajstić information content (AvgIpc) is 3.14. The average molecular weight is 396 g/mol. The third-order valence-corrected chi connectivity index (χ3v) is 4.39. The number of aromatic nitrogens is 2. The van der Waals surface area contributed by atoms with E-state index in [4.69, 9.17) is 9.47 Å². The Morgan fingerprint density at radius 2 is 1.86 bits per heavy atom. The van der Waals surface area contributed by atoms with Crippen molar-refractivity contribution in [2.45, 2.75) is 6.42 Å². The number of carbonyl (C=O) groups excluding carboxylic acids is 2. The van der Waals surface area contributed by atoms with Crippen LogP contribution < -0.4 is 15.4 Å². The zero-order valence-electron chi connectivity index (χ0n) is 16.5. The van der Waals surface area contributed by atoms with E-state index in [-0.39, 0.29) is 23.3 Å². The number of imidazole rings is 1. The molecule has 1 aromatic carbocycles. The van der Waals surface area contributed by atoms with Gasteiger partial charge in [0.25, 0.3) is 11.8 Å². The lowest BCUT2D eigenvalue weighted by Crippen LogP contribution is -2.29. The van der Waals surface area contributed by atoms with Crippen LogP contribution >= 0.6 is 0 Å². The molecule has 152 valence electrons. The van der Waals surface area contributed by atoms with Crippen LogP contribution in [0.3, 0.4) is 0 Å². The summed E-state index contributed by atoms with van der Waals surface area (Å²) in [6, 6.07) is 13.0. The lowest BCUT2D eigenvalue weighted by Gasteiger charge is -2.06. The Bertz CT molecular complexity index is 999. The maximum Gasteiger partial charge on any atom is 0.287 e. The number of hydrogen-bond donors (Lipinski definition) is 2. The zero-order chi connectivity index (χ0) is 20.6. The molecule has 0 saturated carbocycles. The van der Waals surface area contributed by atoms with E-state index in [9.17, 15) is 9.59 Å². The fraction of sp³-hybridized carbons (Fsp3) is 0.286. The molecule has 0 unspecified atom stereocenters. The number of methoxy groups -OCH3 is 2. The van der Waals surface area contributed by atoms with Crippen molar-refractivity contribution in [3.63, 3.8) is 0 Å². The van der Waals surface area contributed by atoms with Crippen molar-refractivity contribution in [1.29, 1.82) is 0 Å². The number of hydrogen-bond acceptors (Lipinski definition) is 5. The molecule has 0 spiro atoms. The number of amides is 2. The van der Waals surface area contributed by atoms with Crippen LogP contribution in [0.15, 0.2) is 48.7 Å². The molecule has 0 bridgehead atoms. The third-order valence-electron chi connectivity index (χ3n) is 4.39. The summed E-state index contributed by atoms with van der Waals surface area (Å²) in [7, 11) is 3.18. The number of pyridine rings is 1. The van der Waals surface area contributed by atoms with Gasteiger partial charge in [0.1, 0.15) is 5.75 Å². The molecule has 0 aliphatic heterocycles. The van der Waals surface area contributed by atoms with Crippen LogP contribution in [-0.2, 0) is 11.2 Å². The van der Waals surface area contributed by atoms with E-state index in [1.807, 2.05) is 24.3 Å². The van der Waals surface area contributed by atoms with E-state index < -0.39 is 0 Å². The highest BCUT2D eigenvalue weighted by atomic mass is 16.5. The summed E-state index contributed by atoms with van der Waals surface area (Å²) in [6.45, 7) is 1.19. The van der Waals surface area contributed by atoms with Gasteiger partial charge < -0.3 is 20.1 Å². The Labute approximate surface area is 168 Å². The molecular formula is C21H24N4O4. The minimum Gasteiger partial charge on any atom is -0.497 e. The van der Waals surface area contributed by atoms with E-state index >= 15 is 0 Å². The van der Waals surface area contributed by atoms with E-state index in [1.54, 1.807) is 43.0 Å². The van der Waals surface area contributed by atoms with Crippen molar-refractivity contribution >= 4 is 17.3 Å². The van der Waals surface area contributed by atoms with Gasteiger partial charge in [0.15, 0.2) is 5.69 Å². The zero-order valence-corrected chi connectivity index (χ0v) is 16.5. The Morgan fingerprint density at radius 1 is 1.03 bits per heavy atom. The van der Waals surface area contributed by atoms with Crippen LogP contribution in [0, 0.1) is 0 Å². The van der Waals surface area contributed by atoms with Crippen molar-refractivity contribution in [2.24, 2.45) is 0 Å². The largest absolute Gasteiger partial charge is 0.497 e. The fourth-order valence-electron chi connectivity index (χ4n) is 2.94. The van der Waals surface area contributed by atoms with Gasteiger partial charge in [0.2, 0.25) is 5.82 Å². The van der Waals surface area contributed by atoms with E-state index in [2.05, 4.69) is 15.6 Å². The molecule has 0 saturated heterocycles. The number of carbonyl (C=O) groups is 2. The Hall–Kier alpha value is -3.39. The number of nitrogens with zero attached hydrogens (tertiary/aromatic N) is 2. The van der Waals surface area contributed by atoms with Gasteiger partial charge >= 0.3 is 0 Å². The van der Waals surface area contributed by atoms with Crippen LogP contribution in [0.5, 0.6) is 5.75 Å². The maximum absolute atomic E-state index is 12.7. The molecule has 0 atom stereocenters. The molecule has 0 aliphatic carbocycles. The second-order valence-corrected chi connectivity index (χ2v) is 6.35. The highest BCUT2D eigenvalue weighted by Crippen LogP contribution is 2.14. The molecule has 3 rings (SSSR count). The SMILES string of the molecule is COCCNC(=O)c1nc(C(=O)NCCc2cccc(OC)c2)c2ccccn12. The summed E-state index contributed by atoms with van der Waals surface area (Å²) in [4.78, 5) is 29.4. The van der Waals surface area contributed by atoms with Gasteiger partial charge in [-0.2, -0.15) is 0 Å². The Balaban J connectivity index is 1.71. The summed E-state index contributed by atoms with van der Waals surface area (Å²) < 4.78 is 11.8. The van der Waals surface area contributed by atoms with Crippen molar-refractivity contribution in [1.82, 2.24) is 20.0 Å². The minimum atomic E-state index is -0.362. The Kier molecular flexibility index (Phi) is 6.80. The lowest BCUT2D eigenvalue weighted by molar-refractivity contribution is 0.0926. The summed E-state index contributed by atoms with van der Waals surface area (Å²) >= 11 is 0. The van der Waals surface area contributed by atoms with Crippen molar-refractivity contribution in [3.05, 3.63) is 65.7 Å². The molecule has 3 aromatic rings. The lowest BCUT2D eigenvalue weighted by atomic mass is 10.1. The van der Waals surface area contributed by atoms with Crippen LogP contribution in [0.2, 0.25) is 0 Å². The smallest absolute Gasteiger partial charge is 0.287 e. The molecular weight excluding hydrogens is 372 g/mol. The quantitative estimate of drug-likeness (QED) is 0.537. The molecule has 0 fully saturated rings. The first-order chi connectivity index (χ1) is 14.1. The first-order valence-corrected chi connectivity index (χ1v) is 9.29. The van der Waals surface area contributed by atoms with Gasteiger partial charge in [-0.15, -0.1) is 0 Å². The molecule has 2 heterocycles. The standard InChI is InChI=1S/C21H24N4O4/c1-28-13-11-23-21(27)19-24-18(17-8-3-4-12-25(17)19)20(26)22-10-9-15-6-5-7-16(14-15)29-2/h3-8,12,14H,9-11,13H2,1-2H3,(H,22,26)(H,23,27). The van der Waals surface area contributed by atoms with E-state index in [0.29, 0.717) is 31.6 Å². The van der Waals surface area contributed by atoms with Gasteiger partial charge in [-0.1, -0.05) is 18.2 Å². The normalized spacial score (nSPS) is 10.7. The second-order valence-electron chi connectivity index (χ2n) is 6.35. The van der Waals surface area contributed by atoms with Crippen molar-refractivity contribution in [2.75, 3.05) is 33.9 Å². The molecule has 8 heteroatoms. The van der Waals surface area contributed by atoms with E-state index in [0.717, 1.165) is 11.3 Å². The van der Waals surface area contributed by atoms with Gasteiger partial charge in [-0.25, -0.2) is 4.98 Å². The first-order valence-electron chi connectivity index (χ1n) is 9.29. The number of fused-ring (bicyclic) bond motifs is 1. The number of rotatable bonds is 9. The second kappa shape index (κ2) is 9.70. The number of ether oxygens (including phenoxy) is 2. The monoisotopic (exact) mass is 396 g/mol. The minimum absolute atomic E-state index is 0.162. The summed E-state index contributed by atoms with van der Waals surface area (Å²) in [5, 5.41) is 5.60. The predicted octanol–water partition coefficient (Wildman–Crippen LogP) is 1.69. The molecule has 8 nitrogen and oxygen atoms in total. The van der Waals surface area contributed by atoms with Crippen LogP contribution in [-0.4, -0.2) is 55.1 Å². The van der Waals surface area contributed by atoms with Gasteiger partial charge in [-0.3, -0.25) is 14.0 Å². The summed E-state index contributed by atoms with van der Waals surface area (Å²) in [5.41, 5.74) is 1.84. The van der Waals surface area contributed by atoms with Crippen LogP contribution in [0.25, 0.3) is 5.52 Å². The molecule has 2 aromatic heterocycles. The molecule has 2 N–H and O–H groups in total. The van der Waals surface area contributed by atoms with Crippen LogP contribution in [0.1, 0.15) is 26.7 Å². The third kappa shape index (κ3) is 4.91. The van der Waals surface area contributed by atoms with Crippen LogP contribution in [0.4, 0.5) is 0 Å². The highest BCUT2D eigenvalue weighted by molar-refractivity contribution is 6.02.